The number of hydrogen-bond acceptors (Lipinski definition) is 4. The molecule has 1 fully saturated rings. The molecule has 0 aliphatic heterocycles. The van der Waals surface area contributed by atoms with E-state index in [4.69, 9.17) is 16.3 Å². The third-order valence-corrected chi connectivity index (χ3v) is 5.76. The van der Waals surface area contributed by atoms with Gasteiger partial charge in [0.05, 0.1) is 5.02 Å². The van der Waals surface area contributed by atoms with Crippen LogP contribution in [0, 0.1) is 6.92 Å². The summed E-state index contributed by atoms with van der Waals surface area (Å²) in [4.78, 5) is 0. The topological polar surface area (TPSA) is 39.9 Å². The summed E-state index contributed by atoms with van der Waals surface area (Å²) in [6.07, 6.45) is 2.35. The van der Waals surface area contributed by atoms with Crippen LogP contribution in [0.5, 0.6) is 5.75 Å². The van der Waals surface area contributed by atoms with E-state index < -0.39 is 0 Å². The molecular formula is C20H20ClN3OS. The number of nitrogens with zero attached hydrogens (tertiary/aromatic N) is 3. The quantitative estimate of drug-likeness (QED) is 0.507. The number of benzene rings is 2. The molecule has 26 heavy (non-hydrogen) atoms. The molecule has 2 aromatic carbocycles. The van der Waals surface area contributed by atoms with E-state index >= 15 is 0 Å². The largest absolute Gasteiger partial charge is 0.484 e. The van der Waals surface area contributed by atoms with E-state index in [9.17, 15) is 0 Å². The van der Waals surface area contributed by atoms with Gasteiger partial charge in [-0.05, 0) is 43.0 Å². The van der Waals surface area contributed by atoms with Gasteiger partial charge < -0.3 is 4.74 Å². The molecule has 4 nitrogen and oxygen atoms in total. The summed E-state index contributed by atoms with van der Waals surface area (Å²) in [5.74, 6) is 2.43. The second-order valence-corrected chi connectivity index (χ2v) is 7.78. The van der Waals surface area contributed by atoms with Gasteiger partial charge in [0.25, 0.3) is 0 Å². The molecule has 0 saturated heterocycles. The minimum absolute atomic E-state index is 0.373. The molecule has 0 radical (unpaired) electrons. The molecule has 6 heteroatoms. The van der Waals surface area contributed by atoms with Gasteiger partial charge >= 0.3 is 0 Å². The van der Waals surface area contributed by atoms with Crippen LogP contribution in [0.2, 0.25) is 5.02 Å². The zero-order valence-electron chi connectivity index (χ0n) is 14.6. The average Bonchev–Trinajstić information content (AvgIpc) is 3.41. The lowest BCUT2D eigenvalue weighted by Gasteiger charge is -2.11. The van der Waals surface area contributed by atoms with E-state index in [1.54, 1.807) is 11.8 Å². The van der Waals surface area contributed by atoms with Crippen LogP contribution in [0.3, 0.4) is 0 Å². The summed E-state index contributed by atoms with van der Waals surface area (Å²) in [5.41, 5.74) is 2.64. The van der Waals surface area contributed by atoms with Crippen molar-refractivity contribution in [2.75, 3.05) is 0 Å². The van der Waals surface area contributed by atoms with Crippen LogP contribution in [0.1, 0.15) is 35.8 Å². The van der Waals surface area contributed by atoms with Crippen molar-refractivity contribution in [3.05, 3.63) is 70.5 Å². The molecule has 1 heterocycles. The minimum atomic E-state index is 0.373. The summed E-state index contributed by atoms with van der Waals surface area (Å²) in [6, 6.07) is 16.5. The highest BCUT2D eigenvalue weighted by atomic mass is 35.5. The smallest absolute Gasteiger partial charge is 0.191 e. The molecule has 0 spiro atoms. The van der Waals surface area contributed by atoms with Gasteiger partial charge in [0.15, 0.2) is 11.0 Å². The van der Waals surface area contributed by atoms with Crippen LogP contribution in [-0.4, -0.2) is 14.8 Å². The molecule has 1 aromatic heterocycles. The molecule has 3 aromatic rings. The van der Waals surface area contributed by atoms with Gasteiger partial charge in [-0.2, -0.15) is 0 Å². The Hall–Kier alpha value is -1.98. The van der Waals surface area contributed by atoms with Gasteiger partial charge in [-0.1, -0.05) is 59.8 Å². The fourth-order valence-corrected chi connectivity index (χ4v) is 4.11. The Labute approximate surface area is 162 Å². The Balaban J connectivity index is 1.48. The highest BCUT2D eigenvalue weighted by molar-refractivity contribution is 7.98. The monoisotopic (exact) mass is 385 g/mol. The fourth-order valence-electron chi connectivity index (χ4n) is 2.82. The average molecular weight is 386 g/mol. The summed E-state index contributed by atoms with van der Waals surface area (Å²) in [7, 11) is 0. The number of aryl methyl sites for hydroxylation is 1. The molecule has 4 rings (SSSR count). The van der Waals surface area contributed by atoms with Crippen molar-refractivity contribution in [1.82, 2.24) is 14.8 Å². The van der Waals surface area contributed by atoms with E-state index in [0.717, 1.165) is 16.7 Å². The maximum Gasteiger partial charge on any atom is 0.191 e. The Kier molecular flexibility index (Phi) is 5.18. The van der Waals surface area contributed by atoms with Crippen molar-refractivity contribution in [3.8, 4) is 5.75 Å². The van der Waals surface area contributed by atoms with Gasteiger partial charge in [-0.25, -0.2) is 0 Å². The van der Waals surface area contributed by atoms with Crippen LogP contribution >= 0.6 is 23.4 Å². The first-order chi connectivity index (χ1) is 12.7. The van der Waals surface area contributed by atoms with E-state index in [2.05, 4.69) is 46.0 Å². The molecule has 0 unspecified atom stereocenters. The van der Waals surface area contributed by atoms with Crippen molar-refractivity contribution >= 4 is 23.4 Å². The Bertz CT molecular complexity index is 841. The summed E-state index contributed by atoms with van der Waals surface area (Å²) in [6.45, 7) is 2.52. The first-order valence-corrected chi connectivity index (χ1v) is 10.1. The lowest BCUT2D eigenvalue weighted by molar-refractivity contribution is 0.288. The normalized spacial score (nSPS) is 13.8. The second-order valence-electron chi connectivity index (χ2n) is 6.43. The van der Waals surface area contributed by atoms with Crippen molar-refractivity contribution in [2.24, 2.45) is 0 Å². The number of hydrogen-bond donors (Lipinski definition) is 0. The zero-order chi connectivity index (χ0) is 17.9. The predicted molar refractivity (Wildman–Crippen MR) is 105 cm³/mol. The van der Waals surface area contributed by atoms with Gasteiger partial charge in [0, 0.05) is 11.8 Å². The third kappa shape index (κ3) is 3.89. The van der Waals surface area contributed by atoms with Gasteiger partial charge in [-0.15, -0.1) is 10.2 Å². The van der Waals surface area contributed by atoms with Gasteiger partial charge in [0.2, 0.25) is 0 Å². The minimum Gasteiger partial charge on any atom is -0.484 e. The number of halogens is 1. The summed E-state index contributed by atoms with van der Waals surface area (Å²) < 4.78 is 8.11. The van der Waals surface area contributed by atoms with Crippen molar-refractivity contribution in [2.45, 2.75) is 43.3 Å². The standard InChI is InChI=1S/C20H20ClN3OS/c1-14-6-2-3-7-15(14)13-26-20-23-22-19(24(20)16-10-11-16)12-25-18-9-5-4-8-17(18)21/h2-9,16H,10-13H2,1H3. The van der Waals surface area contributed by atoms with E-state index in [1.165, 1.54) is 24.0 Å². The lowest BCUT2D eigenvalue weighted by Crippen LogP contribution is -2.07. The van der Waals surface area contributed by atoms with E-state index in [1.807, 2.05) is 24.3 Å². The van der Waals surface area contributed by atoms with E-state index in [-0.39, 0.29) is 0 Å². The number of thioether (sulfide) groups is 1. The lowest BCUT2D eigenvalue weighted by atomic mass is 10.1. The molecule has 1 saturated carbocycles. The Morgan fingerprint density at radius 1 is 1.12 bits per heavy atom. The first-order valence-electron chi connectivity index (χ1n) is 8.71. The maximum absolute atomic E-state index is 6.17. The van der Waals surface area contributed by atoms with Gasteiger partial charge in [0.1, 0.15) is 12.4 Å². The van der Waals surface area contributed by atoms with Crippen LogP contribution in [0.15, 0.2) is 53.7 Å². The molecule has 0 N–H and O–H groups in total. The Morgan fingerprint density at radius 2 is 1.88 bits per heavy atom. The second kappa shape index (κ2) is 7.72. The molecule has 0 atom stereocenters. The summed E-state index contributed by atoms with van der Waals surface area (Å²) in [5, 5.41) is 10.4. The molecule has 1 aliphatic rings. The van der Waals surface area contributed by atoms with Gasteiger partial charge in [-0.3, -0.25) is 4.57 Å². The first kappa shape index (κ1) is 17.4. The molecule has 0 bridgehead atoms. The fraction of sp³-hybridized carbons (Fsp3) is 0.300. The number of ether oxygens (including phenoxy) is 1. The van der Waals surface area contributed by atoms with Crippen LogP contribution in [0.4, 0.5) is 0 Å². The highest BCUT2D eigenvalue weighted by Crippen LogP contribution is 2.39. The van der Waals surface area contributed by atoms with Crippen molar-refractivity contribution < 1.29 is 4.74 Å². The molecule has 0 amide bonds. The number of rotatable bonds is 7. The number of para-hydroxylation sites is 1. The van der Waals surface area contributed by atoms with Crippen LogP contribution in [0.25, 0.3) is 0 Å². The Morgan fingerprint density at radius 3 is 2.65 bits per heavy atom. The molecule has 1 aliphatic carbocycles. The van der Waals surface area contributed by atoms with Crippen molar-refractivity contribution in [3.63, 3.8) is 0 Å². The maximum atomic E-state index is 6.17. The van der Waals surface area contributed by atoms with Crippen LogP contribution in [-0.2, 0) is 12.4 Å². The van der Waals surface area contributed by atoms with E-state index in [0.29, 0.717) is 23.4 Å². The predicted octanol–water partition coefficient (Wildman–Crippen LogP) is 5.45. The molecular weight excluding hydrogens is 366 g/mol. The van der Waals surface area contributed by atoms with Crippen molar-refractivity contribution in [1.29, 1.82) is 0 Å². The highest BCUT2D eigenvalue weighted by Gasteiger charge is 2.29. The van der Waals surface area contributed by atoms with Crippen LogP contribution < -0.4 is 4.74 Å². The summed E-state index contributed by atoms with van der Waals surface area (Å²) >= 11 is 7.91. The SMILES string of the molecule is Cc1ccccc1CSc1nnc(COc2ccccc2Cl)n1C1CC1. The zero-order valence-corrected chi connectivity index (χ0v) is 16.1. The molecule has 134 valence electrons. The third-order valence-electron chi connectivity index (χ3n) is 4.46. The number of aromatic nitrogens is 3.